The lowest BCUT2D eigenvalue weighted by molar-refractivity contribution is 0.0817. The predicted molar refractivity (Wildman–Crippen MR) is 102 cm³/mol. The van der Waals surface area contributed by atoms with Gasteiger partial charge in [0.25, 0.3) is 5.91 Å². The topological polar surface area (TPSA) is 97.2 Å². The van der Waals surface area contributed by atoms with Crippen molar-refractivity contribution in [3.05, 3.63) is 46.0 Å². The first-order valence-electron chi connectivity index (χ1n) is 8.63. The van der Waals surface area contributed by atoms with E-state index in [0.717, 1.165) is 0 Å². The van der Waals surface area contributed by atoms with Crippen LogP contribution < -0.4 is 10.5 Å². The van der Waals surface area contributed by atoms with Crippen molar-refractivity contribution in [1.29, 1.82) is 5.26 Å². The quantitative estimate of drug-likeness (QED) is 0.738. The average Bonchev–Trinajstić information content (AvgIpc) is 3.12. The number of benzene rings is 1. The molecule has 1 aliphatic rings. The third-order valence-electron chi connectivity index (χ3n) is 5.32. The molecule has 0 atom stereocenters. The van der Waals surface area contributed by atoms with Crippen LogP contribution in [0.4, 0.5) is 10.2 Å². The number of hydrogen-bond donors (Lipinski definition) is 1. The molecule has 0 spiro atoms. The molecule has 3 heterocycles. The number of anilines is 1. The van der Waals surface area contributed by atoms with Gasteiger partial charge in [0, 0.05) is 35.8 Å². The molecule has 8 heteroatoms. The maximum atomic E-state index is 14.6. The predicted octanol–water partition coefficient (Wildman–Crippen LogP) is 2.83. The molecule has 0 aliphatic carbocycles. The Morgan fingerprint density at radius 1 is 1.36 bits per heavy atom. The summed E-state index contributed by atoms with van der Waals surface area (Å²) in [4.78, 5) is 18.7. The maximum Gasteiger partial charge on any atom is 0.258 e. The number of nitrogens with zero attached hydrogens (tertiary/aromatic N) is 4. The number of methoxy groups -OCH3 is 1. The second kappa shape index (κ2) is 5.96. The van der Waals surface area contributed by atoms with Gasteiger partial charge in [0.15, 0.2) is 0 Å². The van der Waals surface area contributed by atoms with Crippen LogP contribution in [0.15, 0.2) is 12.3 Å². The summed E-state index contributed by atoms with van der Waals surface area (Å²) in [5.74, 6) is -0.192. The summed E-state index contributed by atoms with van der Waals surface area (Å²) >= 11 is 0. The second-order valence-corrected chi connectivity index (χ2v) is 6.87. The second-order valence-electron chi connectivity index (χ2n) is 6.87. The van der Waals surface area contributed by atoms with Crippen LogP contribution in [0, 0.1) is 31.0 Å². The minimum atomic E-state index is -0.466. The highest BCUT2D eigenvalue weighted by atomic mass is 19.1. The minimum Gasteiger partial charge on any atom is -0.496 e. The van der Waals surface area contributed by atoms with Crippen LogP contribution in [0.1, 0.15) is 32.7 Å². The molecule has 2 N–H and O–H groups in total. The van der Waals surface area contributed by atoms with E-state index in [1.54, 1.807) is 36.6 Å². The van der Waals surface area contributed by atoms with Crippen molar-refractivity contribution in [2.24, 2.45) is 0 Å². The first-order chi connectivity index (χ1) is 13.3. The average molecular weight is 379 g/mol. The summed E-state index contributed by atoms with van der Waals surface area (Å²) in [5.41, 5.74) is 9.44. The van der Waals surface area contributed by atoms with Crippen molar-refractivity contribution < 1.29 is 13.9 Å². The van der Waals surface area contributed by atoms with E-state index in [1.165, 1.54) is 13.2 Å². The lowest BCUT2D eigenvalue weighted by atomic mass is 10.1. The van der Waals surface area contributed by atoms with Crippen LogP contribution in [0.3, 0.4) is 0 Å². The third-order valence-corrected chi connectivity index (χ3v) is 5.32. The van der Waals surface area contributed by atoms with Gasteiger partial charge in [0.05, 0.1) is 36.1 Å². The molecule has 28 heavy (non-hydrogen) atoms. The number of nitrogen functional groups attached to an aromatic ring is 1. The number of nitriles is 1. The number of fused-ring (bicyclic) bond motifs is 3. The number of aromatic nitrogens is 2. The Bertz CT molecular complexity index is 1220. The molecule has 0 saturated heterocycles. The Morgan fingerprint density at radius 2 is 2.07 bits per heavy atom. The van der Waals surface area contributed by atoms with Crippen LogP contribution in [0.5, 0.6) is 5.75 Å². The number of amides is 1. The van der Waals surface area contributed by atoms with E-state index in [0.29, 0.717) is 51.3 Å². The third kappa shape index (κ3) is 2.13. The molecule has 0 bridgehead atoms. The zero-order valence-corrected chi connectivity index (χ0v) is 15.9. The SMILES string of the molecule is COc1cc(F)c(C)c(-n2c(N)c(C#N)c3cnc4c(c32)C(=O)N(C)C4)c1C. The summed E-state index contributed by atoms with van der Waals surface area (Å²) in [6.45, 7) is 3.78. The maximum absolute atomic E-state index is 14.6. The van der Waals surface area contributed by atoms with Gasteiger partial charge in [-0.1, -0.05) is 0 Å². The van der Waals surface area contributed by atoms with Crippen LogP contribution >= 0.6 is 0 Å². The number of nitrogens with two attached hydrogens (primary N) is 1. The molecule has 4 rings (SSSR count). The van der Waals surface area contributed by atoms with E-state index in [1.807, 2.05) is 0 Å². The Labute approximate surface area is 160 Å². The summed E-state index contributed by atoms with van der Waals surface area (Å²) in [5, 5.41) is 10.1. The fraction of sp³-hybridized carbons (Fsp3) is 0.250. The molecule has 1 aromatic carbocycles. The van der Waals surface area contributed by atoms with Crippen molar-refractivity contribution in [2.45, 2.75) is 20.4 Å². The molecule has 0 saturated carbocycles. The van der Waals surface area contributed by atoms with Gasteiger partial charge in [-0.3, -0.25) is 14.3 Å². The Kier molecular flexibility index (Phi) is 3.79. The lowest BCUT2D eigenvalue weighted by Crippen LogP contribution is -2.18. The van der Waals surface area contributed by atoms with Crippen LogP contribution in [-0.2, 0) is 6.54 Å². The minimum absolute atomic E-state index is 0.133. The van der Waals surface area contributed by atoms with Crippen LogP contribution in [0.2, 0.25) is 0 Å². The van der Waals surface area contributed by atoms with E-state index in [4.69, 9.17) is 10.5 Å². The Balaban J connectivity index is 2.24. The zero-order chi connectivity index (χ0) is 20.3. The molecular weight excluding hydrogens is 361 g/mol. The molecule has 7 nitrogen and oxygen atoms in total. The van der Waals surface area contributed by atoms with Gasteiger partial charge in [-0.25, -0.2) is 4.39 Å². The Morgan fingerprint density at radius 3 is 2.71 bits per heavy atom. The van der Waals surface area contributed by atoms with E-state index < -0.39 is 5.82 Å². The highest BCUT2D eigenvalue weighted by Crippen LogP contribution is 2.40. The zero-order valence-electron chi connectivity index (χ0n) is 15.9. The summed E-state index contributed by atoms with van der Waals surface area (Å²) < 4.78 is 21.5. The van der Waals surface area contributed by atoms with Crippen molar-refractivity contribution >= 4 is 22.6 Å². The standard InChI is InChI=1S/C20H18FN5O2/c1-9-13(21)5-15(28-4)10(2)17(9)26-18-12(11(6-22)19(26)23)7-24-14-8-25(3)20(27)16(14)18/h5,7H,8,23H2,1-4H3. The van der Waals surface area contributed by atoms with Crippen molar-refractivity contribution in [2.75, 3.05) is 19.9 Å². The highest BCUT2D eigenvalue weighted by Gasteiger charge is 2.33. The fourth-order valence-corrected chi connectivity index (χ4v) is 3.90. The van der Waals surface area contributed by atoms with E-state index >= 15 is 0 Å². The van der Waals surface area contributed by atoms with Crippen LogP contribution in [-0.4, -0.2) is 34.5 Å². The number of carbonyl (C=O) groups excluding carboxylic acids is 1. The number of hydrogen-bond acceptors (Lipinski definition) is 5. The molecule has 1 amide bonds. The summed E-state index contributed by atoms with van der Waals surface area (Å²) in [6.07, 6.45) is 1.55. The fourth-order valence-electron chi connectivity index (χ4n) is 3.90. The lowest BCUT2D eigenvalue weighted by Gasteiger charge is -2.18. The number of carbonyl (C=O) groups is 1. The molecule has 142 valence electrons. The first-order valence-corrected chi connectivity index (χ1v) is 8.63. The van der Waals surface area contributed by atoms with Crippen LogP contribution in [0.25, 0.3) is 16.6 Å². The van der Waals surface area contributed by atoms with Gasteiger partial charge in [0.1, 0.15) is 29.0 Å². The molecule has 0 unspecified atom stereocenters. The largest absolute Gasteiger partial charge is 0.496 e. The van der Waals surface area contributed by atoms with Gasteiger partial charge in [-0.15, -0.1) is 0 Å². The first kappa shape index (κ1) is 17.8. The van der Waals surface area contributed by atoms with Gasteiger partial charge in [-0.05, 0) is 13.8 Å². The van der Waals surface area contributed by atoms with Crippen molar-refractivity contribution in [3.63, 3.8) is 0 Å². The Hall–Kier alpha value is -3.60. The summed E-state index contributed by atoms with van der Waals surface area (Å²) in [6, 6.07) is 3.40. The molecular formula is C20H18FN5O2. The van der Waals surface area contributed by atoms with E-state index in [9.17, 15) is 14.4 Å². The molecule has 2 aromatic heterocycles. The van der Waals surface area contributed by atoms with Gasteiger partial charge in [0.2, 0.25) is 0 Å². The van der Waals surface area contributed by atoms with Gasteiger partial charge >= 0.3 is 0 Å². The van der Waals surface area contributed by atoms with E-state index in [2.05, 4.69) is 11.1 Å². The number of ether oxygens (including phenoxy) is 1. The summed E-state index contributed by atoms with van der Waals surface area (Å²) in [7, 11) is 3.14. The van der Waals surface area contributed by atoms with Crippen molar-refractivity contribution in [1.82, 2.24) is 14.5 Å². The van der Waals surface area contributed by atoms with E-state index in [-0.39, 0.29) is 17.3 Å². The van der Waals surface area contributed by atoms with Crippen molar-refractivity contribution in [3.8, 4) is 17.5 Å². The highest BCUT2D eigenvalue weighted by molar-refractivity contribution is 6.11. The van der Waals surface area contributed by atoms with Gasteiger partial charge < -0.3 is 15.4 Å². The monoisotopic (exact) mass is 379 g/mol. The molecule has 3 aromatic rings. The molecule has 0 fully saturated rings. The molecule has 1 aliphatic heterocycles. The number of pyridine rings is 1. The normalized spacial score (nSPS) is 13.1. The smallest absolute Gasteiger partial charge is 0.258 e. The number of halogens is 1. The van der Waals surface area contributed by atoms with Gasteiger partial charge in [-0.2, -0.15) is 5.26 Å². The molecule has 0 radical (unpaired) electrons. The number of rotatable bonds is 2.